The first kappa shape index (κ1) is 12.4. The van der Waals surface area contributed by atoms with Crippen molar-refractivity contribution in [2.45, 2.75) is 38.9 Å². The van der Waals surface area contributed by atoms with Gasteiger partial charge in [-0.25, -0.2) is 4.98 Å². The molecule has 0 spiro atoms. The molecule has 2 aromatic rings. The fourth-order valence-corrected chi connectivity index (χ4v) is 2.45. The second-order valence-electron chi connectivity index (χ2n) is 5.51. The summed E-state index contributed by atoms with van der Waals surface area (Å²) in [5.41, 5.74) is 2.57. The van der Waals surface area contributed by atoms with Crippen LogP contribution in [0.1, 0.15) is 29.9 Å². The molecule has 0 radical (unpaired) electrons. The first-order valence-electron chi connectivity index (χ1n) is 6.82. The van der Waals surface area contributed by atoms with Crippen LogP contribution in [0.3, 0.4) is 0 Å². The normalized spacial score (nSPS) is 15.4. The molecule has 5 nitrogen and oxygen atoms in total. The summed E-state index contributed by atoms with van der Waals surface area (Å²) in [7, 11) is 4.06. The summed E-state index contributed by atoms with van der Waals surface area (Å²) >= 11 is 0. The molecule has 1 fully saturated rings. The van der Waals surface area contributed by atoms with E-state index in [0.717, 1.165) is 25.0 Å². The van der Waals surface area contributed by atoms with Gasteiger partial charge in [-0.15, -0.1) is 0 Å². The van der Waals surface area contributed by atoms with Crippen LogP contribution in [0.4, 0.5) is 0 Å². The van der Waals surface area contributed by atoms with Crippen molar-refractivity contribution in [1.29, 1.82) is 0 Å². The van der Waals surface area contributed by atoms with Crippen molar-refractivity contribution in [2.75, 3.05) is 0 Å². The molecule has 1 aliphatic carbocycles. The minimum atomic E-state index is 0.732. The molecule has 1 aliphatic rings. The zero-order valence-corrected chi connectivity index (χ0v) is 11.9. The van der Waals surface area contributed by atoms with Gasteiger partial charge in [0, 0.05) is 51.2 Å². The lowest BCUT2D eigenvalue weighted by atomic mass is 10.3. The van der Waals surface area contributed by atoms with Crippen LogP contribution in [-0.2, 0) is 27.2 Å². The highest BCUT2D eigenvalue weighted by Gasteiger charge is 2.29. The first-order valence-corrected chi connectivity index (χ1v) is 6.82. The molecular weight excluding hydrogens is 238 g/mol. The van der Waals surface area contributed by atoms with E-state index in [1.54, 1.807) is 0 Å². The van der Waals surface area contributed by atoms with Crippen molar-refractivity contribution in [3.05, 3.63) is 35.7 Å². The van der Waals surface area contributed by atoms with Crippen LogP contribution in [0.2, 0.25) is 0 Å². The topological polar surface area (TPSA) is 38.9 Å². The fraction of sp³-hybridized carbons (Fsp3) is 0.571. The Labute approximate surface area is 113 Å². The lowest BCUT2D eigenvalue weighted by Gasteiger charge is -2.21. The largest absolute Gasteiger partial charge is 0.334 e. The van der Waals surface area contributed by atoms with Gasteiger partial charge in [0.2, 0.25) is 0 Å². The number of hydrogen-bond donors (Lipinski definition) is 0. The number of nitrogens with zero attached hydrogens (tertiary/aromatic N) is 5. The Morgan fingerprint density at radius 1 is 1.26 bits per heavy atom. The monoisotopic (exact) mass is 259 g/mol. The summed E-state index contributed by atoms with van der Waals surface area (Å²) < 4.78 is 4.05. The van der Waals surface area contributed by atoms with E-state index in [-0.39, 0.29) is 0 Å². The number of aromatic nitrogens is 4. The van der Waals surface area contributed by atoms with Crippen molar-refractivity contribution in [3.63, 3.8) is 0 Å². The third-order valence-electron chi connectivity index (χ3n) is 3.89. The summed E-state index contributed by atoms with van der Waals surface area (Å²) in [6.07, 6.45) is 8.69. The van der Waals surface area contributed by atoms with Crippen molar-refractivity contribution in [3.8, 4) is 0 Å². The van der Waals surface area contributed by atoms with E-state index in [9.17, 15) is 0 Å². The molecule has 0 bridgehead atoms. The number of rotatable bonds is 5. The number of hydrogen-bond acceptors (Lipinski definition) is 3. The van der Waals surface area contributed by atoms with E-state index in [0.29, 0.717) is 0 Å². The molecule has 0 amide bonds. The van der Waals surface area contributed by atoms with Gasteiger partial charge in [0.15, 0.2) is 0 Å². The Morgan fingerprint density at radius 3 is 2.58 bits per heavy atom. The molecule has 0 saturated heterocycles. The van der Waals surface area contributed by atoms with E-state index >= 15 is 0 Å². The quantitative estimate of drug-likeness (QED) is 0.819. The summed E-state index contributed by atoms with van der Waals surface area (Å²) in [6.45, 7) is 3.99. The van der Waals surface area contributed by atoms with Crippen LogP contribution < -0.4 is 0 Å². The Balaban J connectivity index is 1.73. The van der Waals surface area contributed by atoms with Gasteiger partial charge in [0.1, 0.15) is 5.82 Å². The van der Waals surface area contributed by atoms with Crippen LogP contribution in [0.25, 0.3) is 0 Å². The Bertz CT molecular complexity index is 564. The van der Waals surface area contributed by atoms with Gasteiger partial charge in [0.05, 0.1) is 11.9 Å². The Kier molecular flexibility index (Phi) is 3.14. The predicted molar refractivity (Wildman–Crippen MR) is 73.4 cm³/mol. The Hall–Kier alpha value is -1.62. The minimum absolute atomic E-state index is 0.732. The lowest BCUT2D eigenvalue weighted by Crippen LogP contribution is -2.26. The van der Waals surface area contributed by atoms with Crippen molar-refractivity contribution in [1.82, 2.24) is 24.2 Å². The molecule has 1 saturated carbocycles. The van der Waals surface area contributed by atoms with E-state index in [2.05, 4.69) is 32.8 Å². The third-order valence-corrected chi connectivity index (χ3v) is 3.89. The second kappa shape index (κ2) is 4.81. The number of imidazole rings is 1. The molecule has 0 aromatic carbocycles. The van der Waals surface area contributed by atoms with E-state index < -0.39 is 0 Å². The molecule has 0 N–H and O–H groups in total. The smallest absolute Gasteiger partial charge is 0.105 e. The molecule has 5 heteroatoms. The molecule has 2 aromatic heterocycles. The molecule has 19 heavy (non-hydrogen) atoms. The van der Waals surface area contributed by atoms with Gasteiger partial charge >= 0.3 is 0 Å². The van der Waals surface area contributed by atoms with Crippen LogP contribution >= 0.6 is 0 Å². The third kappa shape index (κ3) is 2.71. The van der Waals surface area contributed by atoms with Crippen molar-refractivity contribution >= 4 is 0 Å². The fourth-order valence-electron chi connectivity index (χ4n) is 2.45. The average molecular weight is 259 g/mol. The highest BCUT2D eigenvalue weighted by Crippen LogP contribution is 2.29. The summed E-state index contributed by atoms with van der Waals surface area (Å²) in [5.74, 6) is 1.08. The number of aryl methyl sites for hydroxylation is 2. The SMILES string of the molecule is Cc1ncc(CN(Cc2cnn(C)c2)C2CC2)n1C. The minimum Gasteiger partial charge on any atom is -0.334 e. The average Bonchev–Trinajstić information content (AvgIpc) is 3.09. The highest BCUT2D eigenvalue weighted by molar-refractivity contribution is 5.08. The summed E-state index contributed by atoms with van der Waals surface area (Å²) in [6, 6.07) is 0.732. The predicted octanol–water partition coefficient (Wildman–Crippen LogP) is 1.63. The van der Waals surface area contributed by atoms with Crippen molar-refractivity contribution in [2.24, 2.45) is 14.1 Å². The molecule has 0 unspecified atom stereocenters. The summed E-state index contributed by atoms with van der Waals surface area (Å²) in [5, 5.41) is 4.25. The summed E-state index contributed by atoms with van der Waals surface area (Å²) in [4.78, 5) is 6.92. The van der Waals surface area contributed by atoms with Crippen LogP contribution in [-0.4, -0.2) is 30.3 Å². The van der Waals surface area contributed by atoms with E-state index in [1.165, 1.54) is 24.1 Å². The van der Waals surface area contributed by atoms with Gasteiger partial charge in [-0.1, -0.05) is 0 Å². The van der Waals surface area contributed by atoms with Crippen LogP contribution in [0, 0.1) is 6.92 Å². The van der Waals surface area contributed by atoms with E-state index in [4.69, 9.17) is 0 Å². The molecule has 0 aliphatic heterocycles. The maximum atomic E-state index is 4.38. The molecule has 2 heterocycles. The zero-order valence-electron chi connectivity index (χ0n) is 11.9. The maximum Gasteiger partial charge on any atom is 0.105 e. The first-order chi connectivity index (χ1) is 9.13. The molecule has 0 atom stereocenters. The lowest BCUT2D eigenvalue weighted by molar-refractivity contribution is 0.240. The highest BCUT2D eigenvalue weighted by atomic mass is 15.3. The van der Waals surface area contributed by atoms with Gasteiger partial charge in [-0.05, 0) is 19.8 Å². The van der Waals surface area contributed by atoms with Gasteiger partial charge in [0.25, 0.3) is 0 Å². The van der Waals surface area contributed by atoms with Crippen molar-refractivity contribution < 1.29 is 0 Å². The molecular formula is C14H21N5. The van der Waals surface area contributed by atoms with Gasteiger partial charge in [-0.2, -0.15) is 5.10 Å². The molecule has 3 rings (SSSR count). The zero-order chi connectivity index (χ0) is 13.4. The second-order valence-corrected chi connectivity index (χ2v) is 5.51. The van der Waals surface area contributed by atoms with Crippen LogP contribution in [0.15, 0.2) is 18.6 Å². The van der Waals surface area contributed by atoms with Gasteiger partial charge < -0.3 is 4.57 Å². The Morgan fingerprint density at radius 2 is 2.05 bits per heavy atom. The van der Waals surface area contributed by atoms with Gasteiger partial charge in [-0.3, -0.25) is 9.58 Å². The van der Waals surface area contributed by atoms with Crippen LogP contribution in [0.5, 0.6) is 0 Å². The maximum absolute atomic E-state index is 4.38. The van der Waals surface area contributed by atoms with E-state index in [1.807, 2.05) is 31.0 Å². The standard InChI is InChI=1S/C14H21N5/c1-11-15-7-14(18(11)3)10-19(13-4-5-13)9-12-6-16-17(2)8-12/h6-8,13H,4-5,9-10H2,1-3H3. The molecule has 102 valence electrons.